The molecule has 2 atom stereocenters. The number of morpholine rings is 2. The second-order valence-electron chi connectivity index (χ2n) is 11.9. The molecule has 15 heteroatoms. The van der Waals surface area contributed by atoms with Crippen LogP contribution in [0.25, 0.3) is 0 Å². The van der Waals surface area contributed by atoms with E-state index in [9.17, 15) is 14.9 Å². The van der Waals surface area contributed by atoms with Crippen LogP contribution in [-0.4, -0.2) is 92.9 Å². The third-order valence-corrected chi connectivity index (χ3v) is 10.7. The zero-order valence-corrected chi connectivity index (χ0v) is 27.4. The van der Waals surface area contributed by atoms with E-state index in [-0.39, 0.29) is 35.4 Å². The first kappa shape index (κ1) is 31.0. The van der Waals surface area contributed by atoms with E-state index < -0.39 is 17.3 Å². The summed E-state index contributed by atoms with van der Waals surface area (Å²) in [7, 11) is 0. The van der Waals surface area contributed by atoms with Crippen LogP contribution in [0.4, 0.5) is 27.7 Å². The highest BCUT2D eigenvalue weighted by Gasteiger charge is 2.49. The molecule has 2 amide bonds. The maximum atomic E-state index is 14.1. The molecule has 0 saturated carbocycles. The van der Waals surface area contributed by atoms with E-state index in [0.29, 0.717) is 59.9 Å². The fourth-order valence-corrected chi connectivity index (χ4v) is 8.21. The number of ketones is 1. The van der Waals surface area contributed by atoms with Gasteiger partial charge in [0.25, 0.3) is 0 Å². The molecule has 2 saturated heterocycles. The van der Waals surface area contributed by atoms with Gasteiger partial charge < -0.3 is 34.5 Å². The molecular formula is C33H32ClN7O6S. The molecule has 2 N–H and O–H groups in total. The van der Waals surface area contributed by atoms with Crippen LogP contribution in [0.2, 0.25) is 5.02 Å². The topological polar surface area (TPSA) is 142 Å². The van der Waals surface area contributed by atoms with E-state index in [2.05, 4.69) is 33.7 Å². The van der Waals surface area contributed by atoms with Crippen molar-refractivity contribution in [2.45, 2.75) is 22.9 Å². The molecule has 8 rings (SSSR count). The van der Waals surface area contributed by atoms with Gasteiger partial charge in [-0.2, -0.15) is 5.26 Å². The summed E-state index contributed by atoms with van der Waals surface area (Å²) in [5.41, 5.74) is 3.44. The molecule has 1 aromatic heterocycles. The molecule has 0 radical (unpaired) electrons. The van der Waals surface area contributed by atoms with Crippen molar-refractivity contribution in [2.75, 3.05) is 81.1 Å². The molecule has 5 aliphatic rings. The number of nitriles is 1. The minimum Gasteiger partial charge on any atom is -0.454 e. The molecule has 2 aromatic carbocycles. The molecule has 48 heavy (non-hydrogen) atoms. The predicted molar refractivity (Wildman–Crippen MR) is 179 cm³/mol. The first-order valence-electron chi connectivity index (χ1n) is 15.8. The second-order valence-corrected chi connectivity index (χ2v) is 13.5. The van der Waals surface area contributed by atoms with Gasteiger partial charge >= 0.3 is 6.03 Å². The number of nitrogens with one attached hydrogen (secondary N) is 2. The fraction of sp³-hybridized carbons (Fsp3) is 0.394. The summed E-state index contributed by atoms with van der Waals surface area (Å²) in [6.45, 7) is 6.18. The normalized spacial score (nSPS) is 21.5. The number of nitrogens with zero attached hydrogens (tertiary/aromatic N) is 5. The summed E-state index contributed by atoms with van der Waals surface area (Å²) < 4.78 is 22.4. The van der Waals surface area contributed by atoms with E-state index in [1.807, 2.05) is 17.0 Å². The van der Waals surface area contributed by atoms with Crippen molar-refractivity contribution in [3.8, 4) is 17.6 Å². The smallest absolute Gasteiger partial charge is 0.327 e. The summed E-state index contributed by atoms with van der Waals surface area (Å²) in [5, 5.41) is 17.1. The molecule has 13 nitrogen and oxygen atoms in total. The number of carbonyl (C=O) groups excluding carboxylic acids is 2. The zero-order chi connectivity index (χ0) is 32.8. The van der Waals surface area contributed by atoms with Crippen molar-refractivity contribution in [3.05, 3.63) is 58.1 Å². The van der Waals surface area contributed by atoms with Gasteiger partial charge in [0.15, 0.2) is 17.3 Å². The van der Waals surface area contributed by atoms with Crippen LogP contribution in [0.3, 0.4) is 0 Å². The van der Waals surface area contributed by atoms with Gasteiger partial charge in [-0.15, -0.1) is 0 Å². The number of benzene rings is 2. The lowest BCUT2D eigenvalue weighted by atomic mass is 9.95. The van der Waals surface area contributed by atoms with Gasteiger partial charge in [-0.3, -0.25) is 14.6 Å². The number of fused-ring (bicyclic) bond motifs is 1. The number of amides is 2. The molecule has 1 unspecified atom stereocenters. The van der Waals surface area contributed by atoms with Crippen LogP contribution in [0.5, 0.6) is 11.5 Å². The number of carbonyl (C=O) groups is 2. The number of anilines is 4. The molecule has 5 aliphatic heterocycles. The Bertz CT molecular complexity index is 1810. The average molecular weight is 690 g/mol. The van der Waals surface area contributed by atoms with Crippen molar-refractivity contribution >= 4 is 58.1 Å². The molecule has 3 aromatic rings. The Morgan fingerprint density at radius 3 is 2.54 bits per heavy atom. The van der Waals surface area contributed by atoms with Gasteiger partial charge in [-0.25, -0.2) is 9.78 Å². The van der Waals surface area contributed by atoms with Crippen LogP contribution in [0.15, 0.2) is 41.4 Å². The van der Waals surface area contributed by atoms with Gasteiger partial charge in [-0.05, 0) is 29.8 Å². The monoisotopic (exact) mass is 689 g/mol. The number of ether oxygens (including phenoxy) is 4. The predicted octanol–water partition coefficient (Wildman–Crippen LogP) is 4.06. The number of Topliss-reactive ketones (excluding diaryl/α,β-unsaturated/α-hetero) is 1. The highest BCUT2D eigenvalue weighted by atomic mass is 35.5. The van der Waals surface area contributed by atoms with Gasteiger partial charge in [0.05, 0.1) is 55.0 Å². The summed E-state index contributed by atoms with van der Waals surface area (Å²) >= 11 is 8.03. The molecule has 0 aliphatic carbocycles. The lowest BCUT2D eigenvalue weighted by molar-refractivity contribution is -0.117. The third kappa shape index (κ3) is 5.55. The van der Waals surface area contributed by atoms with Crippen molar-refractivity contribution in [1.82, 2.24) is 15.2 Å². The SMILES string of the molecule is N#Cc1c(N2CCOCC2)nc2c3c1N(c1c(Cl)ccc4c1OCO4)C(=O)NC3[C@H](C(=O)CNc1ccc(CN3CCOCC3)cc1)S2. The maximum Gasteiger partial charge on any atom is 0.327 e. The van der Waals surface area contributed by atoms with E-state index >= 15 is 0 Å². The van der Waals surface area contributed by atoms with Crippen molar-refractivity contribution in [2.24, 2.45) is 0 Å². The number of hydrogen-bond acceptors (Lipinski definition) is 12. The van der Waals surface area contributed by atoms with Crippen molar-refractivity contribution in [1.29, 1.82) is 5.26 Å². The van der Waals surface area contributed by atoms with Gasteiger partial charge in [0.2, 0.25) is 6.79 Å². The Hall–Kier alpha value is -4.26. The highest BCUT2D eigenvalue weighted by molar-refractivity contribution is 8.01. The Kier molecular flexibility index (Phi) is 8.39. The summed E-state index contributed by atoms with van der Waals surface area (Å²) in [6.07, 6.45) is 0. The number of thioether (sulfide) groups is 1. The minimum absolute atomic E-state index is 0.0324. The van der Waals surface area contributed by atoms with E-state index in [4.69, 9.17) is 35.5 Å². The first-order chi connectivity index (χ1) is 23.5. The third-order valence-electron chi connectivity index (χ3n) is 9.07. The highest BCUT2D eigenvalue weighted by Crippen LogP contribution is 2.57. The lowest BCUT2D eigenvalue weighted by Crippen LogP contribution is -2.48. The van der Waals surface area contributed by atoms with Crippen LogP contribution in [0, 0.1) is 11.3 Å². The number of urea groups is 1. The fourth-order valence-electron chi connectivity index (χ4n) is 6.69. The van der Waals surface area contributed by atoms with Gasteiger partial charge in [0, 0.05) is 44.0 Å². The number of rotatable bonds is 8. The number of halogens is 1. The summed E-state index contributed by atoms with van der Waals surface area (Å²) in [5.74, 6) is 1.06. The molecule has 6 heterocycles. The largest absolute Gasteiger partial charge is 0.454 e. The molecule has 0 spiro atoms. The van der Waals surface area contributed by atoms with Crippen molar-refractivity contribution < 1.29 is 28.5 Å². The molecule has 2 fully saturated rings. The van der Waals surface area contributed by atoms with Crippen LogP contribution >= 0.6 is 23.4 Å². The van der Waals surface area contributed by atoms with Gasteiger partial charge in [-0.1, -0.05) is 35.5 Å². The summed E-state index contributed by atoms with van der Waals surface area (Å²) in [6, 6.07) is 12.5. The molecule has 0 bridgehead atoms. The Morgan fingerprint density at radius 1 is 1.04 bits per heavy atom. The zero-order valence-electron chi connectivity index (χ0n) is 25.9. The molecule has 248 valence electrons. The van der Waals surface area contributed by atoms with Gasteiger partial charge in [0.1, 0.15) is 28.2 Å². The summed E-state index contributed by atoms with van der Waals surface area (Å²) in [4.78, 5) is 38.7. The van der Waals surface area contributed by atoms with E-state index in [0.717, 1.165) is 38.5 Å². The lowest BCUT2D eigenvalue weighted by Gasteiger charge is -2.37. The van der Waals surface area contributed by atoms with Crippen LogP contribution < -0.4 is 29.9 Å². The first-order valence-corrected chi connectivity index (χ1v) is 17.1. The quantitative estimate of drug-likeness (QED) is 0.352. The van der Waals surface area contributed by atoms with Crippen molar-refractivity contribution in [3.63, 3.8) is 0 Å². The molecular weight excluding hydrogens is 658 g/mol. The Morgan fingerprint density at radius 2 is 1.79 bits per heavy atom. The van der Waals surface area contributed by atoms with Crippen LogP contribution in [-0.2, 0) is 20.8 Å². The second kappa shape index (κ2) is 13.0. The van der Waals surface area contributed by atoms with E-state index in [1.54, 1.807) is 12.1 Å². The minimum atomic E-state index is -0.708. The standard InChI is InChI=1S/C33H32ClN7O6S/c34-22-5-6-24-29(47-18-46-24)28(22)41-27-21(15-35)31(40-9-13-45-14-10-40)38-32-25(27)26(37-33(41)43)30(48-32)23(42)16-36-20-3-1-19(2-4-20)17-39-7-11-44-12-8-39/h1-6,26,30,36H,7-14,16-18H2,(H,37,43)/t26?,30-/m0/s1. The van der Waals surface area contributed by atoms with E-state index in [1.165, 1.54) is 22.2 Å². The Labute approximate surface area is 286 Å². The number of pyridine rings is 1. The maximum absolute atomic E-state index is 14.1. The Balaban J connectivity index is 1.10. The van der Waals surface area contributed by atoms with Crippen LogP contribution in [0.1, 0.15) is 22.7 Å². The number of aromatic nitrogens is 1. The number of hydrogen-bond donors (Lipinski definition) is 2. The average Bonchev–Trinajstić information content (AvgIpc) is 3.74.